The highest BCUT2D eigenvalue weighted by Gasteiger charge is 2.76. The lowest BCUT2D eigenvalue weighted by Gasteiger charge is -2.60. The molecule has 3 heterocycles. The lowest BCUT2D eigenvalue weighted by molar-refractivity contribution is -0.231. The van der Waals surface area contributed by atoms with Crippen LogP contribution in [0.4, 0.5) is 0 Å². The third-order valence-corrected chi connectivity index (χ3v) is 11.1. The molecule has 244 valence electrons. The van der Waals surface area contributed by atoms with Crippen LogP contribution in [0.2, 0.25) is 0 Å². The highest BCUT2D eigenvalue weighted by Crippen LogP contribution is 2.67. The van der Waals surface area contributed by atoms with Gasteiger partial charge in [-0.3, -0.25) is 14.4 Å². The number of aliphatic hydroxyl groups excluding tert-OH is 1. The number of carbonyl (C=O) groups is 5. The van der Waals surface area contributed by atoms with Crippen LogP contribution in [0.3, 0.4) is 0 Å². The number of hydrogen-bond acceptors (Lipinski definition) is 12. The Morgan fingerprint density at radius 2 is 1.93 bits per heavy atom. The quantitative estimate of drug-likeness (QED) is 0.187. The predicted molar refractivity (Wildman–Crippen MR) is 154 cm³/mol. The zero-order chi connectivity index (χ0) is 33.1. The number of cyclic esters (lactones) is 1. The molecule has 2 N–H and O–H groups in total. The van der Waals surface area contributed by atoms with Gasteiger partial charge in [0.05, 0.1) is 24.4 Å². The van der Waals surface area contributed by atoms with Gasteiger partial charge in [-0.25, -0.2) is 9.59 Å². The van der Waals surface area contributed by atoms with Crippen molar-refractivity contribution < 1.29 is 57.6 Å². The summed E-state index contributed by atoms with van der Waals surface area (Å²) in [5, 5.41) is 23.6. The van der Waals surface area contributed by atoms with Crippen molar-refractivity contribution >= 4 is 30.2 Å². The minimum Gasteiger partial charge on any atom is -0.472 e. The van der Waals surface area contributed by atoms with Gasteiger partial charge in [0.25, 0.3) is 6.47 Å². The van der Waals surface area contributed by atoms with E-state index in [1.54, 1.807) is 40.7 Å². The molecule has 11 unspecified atom stereocenters. The summed E-state index contributed by atoms with van der Waals surface area (Å²) in [6.07, 6.45) is 1.05. The zero-order valence-electron chi connectivity index (χ0n) is 26.0. The number of fused-ring (bicyclic) bond motifs is 2. The van der Waals surface area contributed by atoms with Crippen LogP contribution in [-0.2, 0) is 42.9 Å². The molecular weight excluding hydrogens is 588 g/mol. The van der Waals surface area contributed by atoms with Crippen molar-refractivity contribution in [2.75, 3.05) is 6.61 Å². The van der Waals surface area contributed by atoms with Crippen LogP contribution in [0.15, 0.2) is 47.3 Å². The highest BCUT2D eigenvalue weighted by atomic mass is 16.6. The van der Waals surface area contributed by atoms with Gasteiger partial charge in [-0.2, -0.15) is 0 Å². The Morgan fingerprint density at radius 3 is 2.56 bits per heavy atom. The molecule has 1 aromatic heterocycles. The molecule has 1 saturated heterocycles. The molecule has 2 saturated carbocycles. The maximum Gasteiger partial charge on any atom is 0.335 e. The van der Waals surface area contributed by atoms with Crippen LogP contribution in [-0.4, -0.2) is 76.5 Å². The van der Waals surface area contributed by atoms with Crippen molar-refractivity contribution in [2.45, 2.75) is 89.3 Å². The first-order valence-electron chi connectivity index (χ1n) is 15.1. The third-order valence-electron chi connectivity index (χ3n) is 11.1. The average molecular weight is 629 g/mol. The number of Topliss-reactive ketones (excluding diaryl/α,β-unsaturated/α-hetero) is 1. The Bertz CT molecular complexity index is 1430. The predicted octanol–water partition coefficient (Wildman–Crippen LogP) is 2.56. The molecule has 5 rings (SSSR count). The highest BCUT2D eigenvalue weighted by molar-refractivity contribution is 5.96. The fourth-order valence-corrected chi connectivity index (χ4v) is 8.38. The first kappa shape index (κ1) is 32.6. The molecule has 0 bridgehead atoms. The van der Waals surface area contributed by atoms with Crippen molar-refractivity contribution in [3.8, 4) is 0 Å². The molecule has 4 aliphatic rings. The molecule has 0 radical (unpaired) electrons. The molecule has 0 amide bonds. The number of hydrogen-bond donors (Lipinski definition) is 2. The van der Waals surface area contributed by atoms with Gasteiger partial charge in [0.1, 0.15) is 24.4 Å². The summed E-state index contributed by atoms with van der Waals surface area (Å²) < 4.78 is 28.2. The Balaban J connectivity index is 1.75. The molecule has 45 heavy (non-hydrogen) atoms. The van der Waals surface area contributed by atoms with Crippen LogP contribution in [0, 0.1) is 28.6 Å². The molecule has 0 spiro atoms. The molecule has 12 nitrogen and oxygen atoms in total. The van der Waals surface area contributed by atoms with Crippen LogP contribution >= 0.6 is 0 Å². The molecule has 0 aromatic carbocycles. The Labute approximate surface area is 260 Å². The summed E-state index contributed by atoms with van der Waals surface area (Å²) in [7, 11) is 0. The van der Waals surface area contributed by atoms with Gasteiger partial charge in [-0.05, 0) is 30.0 Å². The van der Waals surface area contributed by atoms with Crippen molar-refractivity contribution in [1.82, 2.24) is 0 Å². The lowest BCUT2D eigenvalue weighted by Crippen LogP contribution is -2.70. The average Bonchev–Trinajstić information content (AvgIpc) is 3.58. The summed E-state index contributed by atoms with van der Waals surface area (Å²) in [5.41, 5.74) is -6.25. The van der Waals surface area contributed by atoms with E-state index in [2.05, 4.69) is 6.58 Å². The number of carbonyl (C=O) groups excluding carboxylic acids is 5. The summed E-state index contributed by atoms with van der Waals surface area (Å²) in [6, 6.07) is 1.63. The van der Waals surface area contributed by atoms with Crippen molar-refractivity contribution in [2.24, 2.45) is 28.6 Å². The topological polar surface area (TPSA) is 176 Å². The van der Waals surface area contributed by atoms with Crippen LogP contribution in [0.1, 0.15) is 65.4 Å². The molecule has 3 fully saturated rings. The number of esters is 3. The van der Waals surface area contributed by atoms with Crippen molar-refractivity contribution in [1.29, 1.82) is 0 Å². The largest absolute Gasteiger partial charge is 0.472 e. The van der Waals surface area contributed by atoms with E-state index in [4.69, 9.17) is 23.4 Å². The van der Waals surface area contributed by atoms with E-state index in [0.717, 1.165) is 0 Å². The van der Waals surface area contributed by atoms with E-state index in [1.165, 1.54) is 24.7 Å². The summed E-state index contributed by atoms with van der Waals surface area (Å²) in [6.45, 7) is 12.5. The molecular formula is C33H40O12. The maximum absolute atomic E-state index is 14.1. The Morgan fingerprint density at radius 1 is 1.22 bits per heavy atom. The SMILES string of the molecule is C=C1C(C2(C)C=CC(=O)OC3(C)COC(=O)CC32)C(OC=O)C(OC(=O)C(O)C(C)CC)C2(C)C(c3ccoc3)CC(=O)C12O. The minimum absolute atomic E-state index is 0.0367. The van der Waals surface area contributed by atoms with Gasteiger partial charge in [0, 0.05) is 35.7 Å². The van der Waals surface area contributed by atoms with Gasteiger partial charge >= 0.3 is 17.9 Å². The summed E-state index contributed by atoms with van der Waals surface area (Å²) in [4.78, 5) is 65.4. The number of ether oxygens (including phenoxy) is 4. The van der Waals surface area contributed by atoms with Crippen molar-refractivity contribution in [3.05, 3.63) is 48.5 Å². The normalized spacial score (nSPS) is 40.7. The van der Waals surface area contributed by atoms with E-state index < -0.39 is 87.7 Å². The monoisotopic (exact) mass is 628 g/mol. The second-order valence-electron chi connectivity index (χ2n) is 13.5. The van der Waals surface area contributed by atoms with Crippen LogP contribution < -0.4 is 0 Å². The second kappa shape index (κ2) is 11.2. The number of aliphatic hydroxyl groups is 2. The van der Waals surface area contributed by atoms with Crippen LogP contribution in [0.5, 0.6) is 0 Å². The summed E-state index contributed by atoms with van der Waals surface area (Å²) >= 11 is 0. The molecule has 1 aromatic rings. The van der Waals surface area contributed by atoms with Gasteiger partial charge in [0.15, 0.2) is 17.5 Å². The lowest BCUT2D eigenvalue weighted by atomic mass is 9.47. The fourth-order valence-electron chi connectivity index (χ4n) is 8.38. The van der Waals surface area contributed by atoms with Gasteiger partial charge in [0.2, 0.25) is 0 Å². The van der Waals surface area contributed by atoms with Gasteiger partial charge < -0.3 is 33.6 Å². The number of rotatable bonds is 8. The molecule has 2 aliphatic heterocycles. The number of furan rings is 1. The number of ketones is 1. The van der Waals surface area contributed by atoms with E-state index in [0.29, 0.717) is 12.0 Å². The van der Waals surface area contributed by atoms with Gasteiger partial charge in [-0.15, -0.1) is 0 Å². The van der Waals surface area contributed by atoms with Gasteiger partial charge in [-0.1, -0.05) is 46.8 Å². The maximum atomic E-state index is 14.1. The van der Waals surface area contributed by atoms with Crippen LogP contribution in [0.25, 0.3) is 0 Å². The smallest absolute Gasteiger partial charge is 0.335 e. The van der Waals surface area contributed by atoms with E-state index >= 15 is 0 Å². The molecule has 2 aliphatic carbocycles. The summed E-state index contributed by atoms with van der Waals surface area (Å²) in [5.74, 6) is -6.22. The minimum atomic E-state index is -2.35. The molecule has 11 atom stereocenters. The fraction of sp³-hybridized carbons (Fsp3) is 0.606. The Kier molecular flexibility index (Phi) is 8.14. The van der Waals surface area contributed by atoms with E-state index in [-0.39, 0.29) is 31.5 Å². The first-order valence-corrected chi connectivity index (χ1v) is 15.1. The van der Waals surface area contributed by atoms with E-state index in [1.807, 2.05) is 0 Å². The number of allylic oxidation sites excluding steroid dienone is 1. The first-order chi connectivity index (χ1) is 21.1. The van der Waals surface area contributed by atoms with Crippen molar-refractivity contribution in [3.63, 3.8) is 0 Å². The Hall–Kier alpha value is -3.77. The molecule has 12 heteroatoms. The van der Waals surface area contributed by atoms with E-state index in [9.17, 15) is 34.2 Å². The second-order valence-corrected chi connectivity index (χ2v) is 13.5. The zero-order valence-corrected chi connectivity index (χ0v) is 26.0. The standard InChI is InChI=1S/C33H40O12/c1-7-17(2)26(38)29(39)44-28-27(43-16-34)25(30(4)10-8-23(36)45-31(5)15-42-24(37)13-21(30)31)18(3)33(40)22(35)12-20(32(28,33)6)19-9-11-41-14-19/h8-11,14,16-17,20-21,25-28,38,40H,3,7,12-13,15H2,1-2,4-6H3. The third kappa shape index (κ3) is 4.67.